The van der Waals surface area contributed by atoms with Crippen LogP contribution in [0.5, 0.6) is 0 Å². The molecule has 4 nitrogen and oxygen atoms in total. The molecule has 0 aromatic rings. The van der Waals surface area contributed by atoms with Crippen LogP contribution in [-0.2, 0) is 10.0 Å². The van der Waals surface area contributed by atoms with Crippen molar-refractivity contribution in [2.75, 3.05) is 12.3 Å². The van der Waals surface area contributed by atoms with E-state index in [1.807, 2.05) is 0 Å². The Balaban J connectivity index is 1.80. The van der Waals surface area contributed by atoms with Gasteiger partial charge in [0.25, 0.3) is 0 Å². The second kappa shape index (κ2) is 6.55. The molecule has 2 aliphatic rings. The van der Waals surface area contributed by atoms with Gasteiger partial charge in [-0.3, -0.25) is 4.90 Å². The quantitative estimate of drug-likeness (QED) is 0.780. The molecule has 2 N–H and O–H groups in total. The molecule has 0 aromatic carbocycles. The largest absolute Gasteiger partial charge is 0.297 e. The normalized spacial score (nSPS) is 28.8. The number of primary sulfonamides is 1. The summed E-state index contributed by atoms with van der Waals surface area (Å²) in [5, 5.41) is 5.08. The lowest BCUT2D eigenvalue weighted by Crippen LogP contribution is -2.41. The lowest BCUT2D eigenvalue weighted by Gasteiger charge is -2.37. The van der Waals surface area contributed by atoms with E-state index in [1.165, 1.54) is 44.9 Å². The highest BCUT2D eigenvalue weighted by Gasteiger charge is 2.35. The Hall–Kier alpha value is -0.130. The van der Waals surface area contributed by atoms with E-state index in [9.17, 15) is 8.42 Å². The Labute approximate surface area is 117 Å². The minimum atomic E-state index is -3.30. The monoisotopic (exact) mass is 288 g/mol. The molecule has 0 saturated heterocycles. The number of nitrogens with two attached hydrogens (primary N) is 1. The van der Waals surface area contributed by atoms with Crippen molar-refractivity contribution in [1.29, 1.82) is 0 Å². The molecule has 2 rings (SSSR count). The third-order valence-corrected chi connectivity index (χ3v) is 5.58. The maximum absolute atomic E-state index is 11.0. The molecule has 19 heavy (non-hydrogen) atoms. The molecule has 0 amide bonds. The minimum Gasteiger partial charge on any atom is -0.297 e. The van der Waals surface area contributed by atoms with Crippen molar-refractivity contribution in [1.82, 2.24) is 4.90 Å². The summed E-state index contributed by atoms with van der Waals surface area (Å²) >= 11 is 0. The zero-order valence-electron chi connectivity index (χ0n) is 12.1. The summed E-state index contributed by atoms with van der Waals surface area (Å²) in [5.41, 5.74) is 0. The van der Waals surface area contributed by atoms with Crippen LogP contribution in [0, 0.1) is 5.92 Å². The smallest absolute Gasteiger partial charge is 0.209 e. The fourth-order valence-corrected chi connectivity index (χ4v) is 3.93. The van der Waals surface area contributed by atoms with Crippen LogP contribution >= 0.6 is 0 Å². The molecule has 0 bridgehead atoms. The van der Waals surface area contributed by atoms with Gasteiger partial charge in [-0.15, -0.1) is 0 Å². The molecule has 0 radical (unpaired) electrons. The van der Waals surface area contributed by atoms with Gasteiger partial charge in [-0.25, -0.2) is 13.6 Å². The lowest BCUT2D eigenvalue weighted by atomic mass is 9.84. The average molecular weight is 288 g/mol. The van der Waals surface area contributed by atoms with Crippen LogP contribution in [0.25, 0.3) is 0 Å². The first kappa shape index (κ1) is 15.3. The number of nitrogens with zero attached hydrogens (tertiary/aromatic N) is 1. The summed E-state index contributed by atoms with van der Waals surface area (Å²) < 4.78 is 22.0. The third-order valence-electron chi connectivity index (χ3n) is 4.72. The van der Waals surface area contributed by atoms with Gasteiger partial charge in [0.15, 0.2) is 0 Å². The second-order valence-corrected chi connectivity index (χ2v) is 8.01. The highest BCUT2D eigenvalue weighted by Crippen LogP contribution is 2.36. The van der Waals surface area contributed by atoms with E-state index >= 15 is 0 Å². The number of hydrogen-bond acceptors (Lipinski definition) is 3. The molecular formula is C14H28N2O2S. The second-order valence-electron chi connectivity index (χ2n) is 6.27. The summed E-state index contributed by atoms with van der Waals surface area (Å²) in [6.07, 6.45) is 9.87. The molecule has 0 heterocycles. The number of hydrogen-bond donors (Lipinski definition) is 1. The zero-order valence-corrected chi connectivity index (χ0v) is 12.9. The van der Waals surface area contributed by atoms with E-state index in [0.29, 0.717) is 12.5 Å². The van der Waals surface area contributed by atoms with Crippen molar-refractivity contribution in [3.8, 4) is 0 Å². The molecule has 2 aliphatic carbocycles. The van der Waals surface area contributed by atoms with Gasteiger partial charge in [-0.05, 0) is 57.4 Å². The molecule has 0 atom stereocenters. The first-order valence-electron chi connectivity index (χ1n) is 7.76. The van der Waals surface area contributed by atoms with Gasteiger partial charge in [0.1, 0.15) is 0 Å². The summed E-state index contributed by atoms with van der Waals surface area (Å²) in [7, 11) is -3.30. The van der Waals surface area contributed by atoms with Gasteiger partial charge >= 0.3 is 0 Å². The van der Waals surface area contributed by atoms with E-state index in [1.54, 1.807) is 0 Å². The standard InChI is InChI=1S/C14H28N2O2S/c1-2-12-4-6-13(7-5-12)16(14-8-9-14)10-3-11-19(15,17)18/h12-14H,2-11H2,1H3,(H2,15,17,18). The van der Waals surface area contributed by atoms with Crippen molar-refractivity contribution in [2.24, 2.45) is 11.1 Å². The van der Waals surface area contributed by atoms with Crippen LogP contribution in [0.2, 0.25) is 0 Å². The maximum atomic E-state index is 11.0. The minimum absolute atomic E-state index is 0.126. The zero-order chi connectivity index (χ0) is 13.9. The molecule has 5 heteroatoms. The van der Waals surface area contributed by atoms with E-state index in [0.717, 1.165) is 18.5 Å². The Morgan fingerprint density at radius 3 is 2.00 bits per heavy atom. The molecule has 112 valence electrons. The Bertz CT molecular complexity index is 371. The first-order valence-corrected chi connectivity index (χ1v) is 9.47. The molecule has 2 saturated carbocycles. The predicted molar refractivity (Wildman–Crippen MR) is 78.4 cm³/mol. The average Bonchev–Trinajstić information content (AvgIpc) is 3.18. The van der Waals surface area contributed by atoms with E-state index in [4.69, 9.17) is 5.14 Å². The highest BCUT2D eigenvalue weighted by molar-refractivity contribution is 7.89. The molecule has 0 spiro atoms. The summed E-state index contributed by atoms with van der Waals surface area (Å²) in [4.78, 5) is 2.58. The molecule has 0 aliphatic heterocycles. The fourth-order valence-electron chi connectivity index (χ4n) is 3.40. The van der Waals surface area contributed by atoms with E-state index in [-0.39, 0.29) is 5.75 Å². The highest BCUT2D eigenvalue weighted by atomic mass is 32.2. The third kappa shape index (κ3) is 5.04. The van der Waals surface area contributed by atoms with Crippen LogP contribution in [0.1, 0.15) is 58.3 Å². The van der Waals surface area contributed by atoms with Crippen molar-refractivity contribution >= 4 is 10.0 Å². The molecular weight excluding hydrogens is 260 g/mol. The summed E-state index contributed by atoms with van der Waals surface area (Å²) in [6.45, 7) is 3.19. The van der Waals surface area contributed by atoms with Crippen LogP contribution in [0.4, 0.5) is 0 Å². The van der Waals surface area contributed by atoms with Crippen LogP contribution in [0.15, 0.2) is 0 Å². The number of rotatable bonds is 7. The van der Waals surface area contributed by atoms with Gasteiger partial charge in [-0.2, -0.15) is 0 Å². The summed E-state index contributed by atoms with van der Waals surface area (Å²) in [6, 6.07) is 1.42. The van der Waals surface area contributed by atoms with Gasteiger partial charge in [0, 0.05) is 12.1 Å². The van der Waals surface area contributed by atoms with Gasteiger partial charge in [0.2, 0.25) is 10.0 Å². The van der Waals surface area contributed by atoms with Crippen LogP contribution in [0.3, 0.4) is 0 Å². The Morgan fingerprint density at radius 2 is 1.58 bits per heavy atom. The van der Waals surface area contributed by atoms with Crippen molar-refractivity contribution in [2.45, 2.75) is 70.4 Å². The van der Waals surface area contributed by atoms with Crippen molar-refractivity contribution < 1.29 is 8.42 Å². The maximum Gasteiger partial charge on any atom is 0.209 e. The van der Waals surface area contributed by atoms with Crippen LogP contribution in [-0.4, -0.2) is 37.7 Å². The van der Waals surface area contributed by atoms with Gasteiger partial charge in [0.05, 0.1) is 5.75 Å². The first-order chi connectivity index (χ1) is 8.99. The van der Waals surface area contributed by atoms with E-state index in [2.05, 4.69) is 11.8 Å². The SMILES string of the molecule is CCC1CCC(N(CCCS(N)(=O)=O)C2CC2)CC1. The predicted octanol–water partition coefficient (Wildman–Crippen LogP) is 2.10. The fraction of sp³-hybridized carbons (Fsp3) is 1.00. The van der Waals surface area contributed by atoms with Crippen molar-refractivity contribution in [3.63, 3.8) is 0 Å². The summed E-state index contributed by atoms with van der Waals surface area (Å²) in [5.74, 6) is 1.04. The topological polar surface area (TPSA) is 63.4 Å². The Kier molecular flexibility index (Phi) is 5.26. The van der Waals surface area contributed by atoms with Crippen LogP contribution < -0.4 is 5.14 Å². The van der Waals surface area contributed by atoms with Crippen molar-refractivity contribution in [3.05, 3.63) is 0 Å². The van der Waals surface area contributed by atoms with E-state index < -0.39 is 10.0 Å². The lowest BCUT2D eigenvalue weighted by molar-refractivity contribution is 0.127. The molecule has 2 fully saturated rings. The Morgan fingerprint density at radius 1 is 1.05 bits per heavy atom. The molecule has 0 aromatic heterocycles. The number of sulfonamides is 1. The van der Waals surface area contributed by atoms with Gasteiger partial charge < -0.3 is 0 Å². The molecule has 0 unspecified atom stereocenters. The van der Waals surface area contributed by atoms with Gasteiger partial charge in [-0.1, -0.05) is 13.3 Å².